The third kappa shape index (κ3) is 4.40. The normalized spacial score (nSPS) is 13.9. The first kappa shape index (κ1) is 13.9. The number of ether oxygens (including phenoxy) is 1. The molecule has 0 fully saturated rings. The number of methoxy groups -OCH3 is 1. The molecule has 0 aromatic rings. The van der Waals surface area contributed by atoms with Gasteiger partial charge in [-0.25, -0.2) is 0 Å². The topological polar surface area (TPSA) is 38.5 Å². The highest BCUT2D eigenvalue weighted by Crippen LogP contribution is 2.11. The lowest BCUT2D eigenvalue weighted by atomic mass is 10.1. The van der Waals surface area contributed by atoms with E-state index < -0.39 is 0 Å². The van der Waals surface area contributed by atoms with Crippen LogP contribution in [0.2, 0.25) is 0 Å². The molecule has 0 heterocycles. The summed E-state index contributed by atoms with van der Waals surface area (Å²) in [6, 6.07) is 1.10. The van der Waals surface area contributed by atoms with Crippen LogP contribution in [0.3, 0.4) is 0 Å². The third-order valence-electron chi connectivity index (χ3n) is 2.87. The van der Waals surface area contributed by atoms with Crippen molar-refractivity contribution < 1.29 is 4.74 Å². The van der Waals surface area contributed by atoms with Gasteiger partial charge in [0.15, 0.2) is 0 Å². The van der Waals surface area contributed by atoms with Gasteiger partial charge in [-0.15, -0.1) is 0 Å². The largest absolute Gasteiger partial charge is 0.383 e. The summed E-state index contributed by atoms with van der Waals surface area (Å²) in [6.07, 6.45) is 2.37. The van der Waals surface area contributed by atoms with E-state index in [1.165, 1.54) is 12.8 Å². The fraction of sp³-hybridized carbons (Fsp3) is 1.00. The molecule has 0 spiro atoms. The summed E-state index contributed by atoms with van der Waals surface area (Å²) in [5.41, 5.74) is 5.71. The Labute approximate surface area is 88.6 Å². The fourth-order valence-electron chi connectivity index (χ4n) is 1.85. The van der Waals surface area contributed by atoms with Gasteiger partial charge in [0.05, 0.1) is 6.61 Å². The summed E-state index contributed by atoms with van der Waals surface area (Å²) in [5.74, 6) is 0. The van der Waals surface area contributed by atoms with Crippen LogP contribution in [0.25, 0.3) is 0 Å². The van der Waals surface area contributed by atoms with Crippen LogP contribution in [-0.2, 0) is 4.74 Å². The average Bonchev–Trinajstić information content (AvgIpc) is 2.23. The van der Waals surface area contributed by atoms with Crippen LogP contribution >= 0.6 is 0 Å². The smallest absolute Gasteiger partial charge is 0.0589 e. The molecule has 0 aromatic heterocycles. The Morgan fingerprint density at radius 2 is 1.86 bits per heavy atom. The minimum atomic E-state index is 0.454. The van der Waals surface area contributed by atoms with Crippen molar-refractivity contribution in [1.29, 1.82) is 0 Å². The van der Waals surface area contributed by atoms with E-state index in [0.29, 0.717) is 12.1 Å². The second kappa shape index (κ2) is 8.21. The van der Waals surface area contributed by atoms with Gasteiger partial charge in [-0.1, -0.05) is 13.8 Å². The number of nitrogens with zero attached hydrogens (tertiary/aromatic N) is 1. The molecule has 86 valence electrons. The predicted octanol–water partition coefficient (Wildman–Crippen LogP) is 1.47. The van der Waals surface area contributed by atoms with Crippen molar-refractivity contribution in [2.24, 2.45) is 5.73 Å². The zero-order valence-electron chi connectivity index (χ0n) is 10.1. The Morgan fingerprint density at radius 3 is 2.21 bits per heavy atom. The number of hydrogen-bond acceptors (Lipinski definition) is 3. The van der Waals surface area contributed by atoms with Gasteiger partial charge < -0.3 is 10.5 Å². The molecule has 0 rings (SSSR count). The number of nitrogens with two attached hydrogens (primary N) is 1. The van der Waals surface area contributed by atoms with Crippen molar-refractivity contribution in [3.63, 3.8) is 0 Å². The highest BCUT2D eigenvalue weighted by atomic mass is 16.5. The Hall–Kier alpha value is -0.120. The minimum absolute atomic E-state index is 0.454. The molecule has 14 heavy (non-hydrogen) atoms. The molecule has 0 bridgehead atoms. The maximum atomic E-state index is 5.71. The average molecular weight is 202 g/mol. The summed E-state index contributed by atoms with van der Waals surface area (Å²) in [5, 5.41) is 0. The Bertz CT molecular complexity index is 126. The standard InChI is InChI=1S/C11H26N2O/c1-5-11(6-2)13(7-8-14-4)10(3)9-12/h10-11H,5-9,12H2,1-4H3. The molecule has 1 atom stereocenters. The lowest BCUT2D eigenvalue weighted by molar-refractivity contribution is 0.0883. The van der Waals surface area contributed by atoms with Crippen molar-refractivity contribution in [2.75, 3.05) is 26.8 Å². The Morgan fingerprint density at radius 1 is 1.29 bits per heavy atom. The molecular weight excluding hydrogens is 176 g/mol. The zero-order chi connectivity index (χ0) is 11.0. The van der Waals surface area contributed by atoms with Gasteiger partial charge in [0.1, 0.15) is 0 Å². The van der Waals surface area contributed by atoms with E-state index >= 15 is 0 Å². The molecule has 3 nitrogen and oxygen atoms in total. The van der Waals surface area contributed by atoms with E-state index in [2.05, 4.69) is 25.7 Å². The molecule has 0 aromatic carbocycles. The first-order valence-electron chi connectivity index (χ1n) is 5.65. The van der Waals surface area contributed by atoms with Crippen LogP contribution < -0.4 is 5.73 Å². The van der Waals surface area contributed by atoms with E-state index in [1.54, 1.807) is 7.11 Å². The van der Waals surface area contributed by atoms with E-state index in [1.807, 2.05) is 0 Å². The van der Waals surface area contributed by atoms with Gasteiger partial charge in [-0.2, -0.15) is 0 Å². The SMILES string of the molecule is CCC(CC)N(CCOC)C(C)CN. The first-order valence-corrected chi connectivity index (χ1v) is 5.65. The van der Waals surface area contributed by atoms with E-state index in [0.717, 1.165) is 19.7 Å². The van der Waals surface area contributed by atoms with Crippen molar-refractivity contribution in [3.05, 3.63) is 0 Å². The summed E-state index contributed by atoms with van der Waals surface area (Å²) < 4.78 is 5.12. The van der Waals surface area contributed by atoms with Crippen molar-refractivity contribution in [2.45, 2.75) is 45.7 Å². The number of rotatable bonds is 8. The highest BCUT2D eigenvalue weighted by Gasteiger charge is 2.19. The molecule has 0 amide bonds. The highest BCUT2D eigenvalue weighted by molar-refractivity contribution is 4.75. The van der Waals surface area contributed by atoms with Gasteiger partial charge in [0.2, 0.25) is 0 Å². The van der Waals surface area contributed by atoms with Gasteiger partial charge in [-0.05, 0) is 19.8 Å². The Kier molecular flexibility index (Phi) is 8.14. The maximum Gasteiger partial charge on any atom is 0.0589 e. The molecule has 1 unspecified atom stereocenters. The summed E-state index contributed by atoms with van der Waals surface area (Å²) in [6.45, 7) is 9.16. The van der Waals surface area contributed by atoms with Crippen LogP contribution in [0.1, 0.15) is 33.6 Å². The molecule has 0 aliphatic heterocycles. The summed E-state index contributed by atoms with van der Waals surface area (Å²) in [4.78, 5) is 2.46. The van der Waals surface area contributed by atoms with Gasteiger partial charge >= 0.3 is 0 Å². The maximum absolute atomic E-state index is 5.71. The first-order chi connectivity index (χ1) is 6.71. The molecule has 0 saturated heterocycles. The van der Waals surface area contributed by atoms with Crippen molar-refractivity contribution in [3.8, 4) is 0 Å². The van der Waals surface area contributed by atoms with E-state index in [-0.39, 0.29) is 0 Å². The van der Waals surface area contributed by atoms with Crippen molar-refractivity contribution in [1.82, 2.24) is 4.90 Å². The fourth-order valence-corrected chi connectivity index (χ4v) is 1.85. The van der Waals surface area contributed by atoms with Crippen LogP contribution in [0, 0.1) is 0 Å². The van der Waals surface area contributed by atoms with Gasteiger partial charge in [-0.3, -0.25) is 4.90 Å². The molecule has 0 radical (unpaired) electrons. The van der Waals surface area contributed by atoms with Crippen LogP contribution in [0.4, 0.5) is 0 Å². The van der Waals surface area contributed by atoms with E-state index in [9.17, 15) is 0 Å². The quantitative estimate of drug-likeness (QED) is 0.648. The monoisotopic (exact) mass is 202 g/mol. The Balaban J connectivity index is 4.19. The molecule has 0 aliphatic rings. The van der Waals surface area contributed by atoms with Gasteiger partial charge in [0, 0.05) is 32.3 Å². The van der Waals surface area contributed by atoms with Crippen molar-refractivity contribution >= 4 is 0 Å². The molecule has 0 saturated carbocycles. The van der Waals surface area contributed by atoms with Gasteiger partial charge in [0.25, 0.3) is 0 Å². The molecule has 0 aliphatic carbocycles. The summed E-state index contributed by atoms with van der Waals surface area (Å²) >= 11 is 0. The second-order valence-electron chi connectivity index (χ2n) is 3.79. The van der Waals surface area contributed by atoms with Crippen LogP contribution in [0.5, 0.6) is 0 Å². The van der Waals surface area contributed by atoms with Crippen LogP contribution in [-0.4, -0.2) is 43.8 Å². The second-order valence-corrected chi connectivity index (χ2v) is 3.79. The molecular formula is C11H26N2O. The summed E-state index contributed by atoms with van der Waals surface area (Å²) in [7, 11) is 1.75. The predicted molar refractivity (Wildman–Crippen MR) is 61.5 cm³/mol. The van der Waals surface area contributed by atoms with E-state index in [4.69, 9.17) is 10.5 Å². The number of hydrogen-bond donors (Lipinski definition) is 1. The molecule has 3 heteroatoms. The minimum Gasteiger partial charge on any atom is -0.383 e. The lowest BCUT2D eigenvalue weighted by Crippen LogP contribution is -2.46. The van der Waals surface area contributed by atoms with Crippen LogP contribution in [0.15, 0.2) is 0 Å². The lowest BCUT2D eigenvalue weighted by Gasteiger charge is -2.35. The molecule has 2 N–H and O–H groups in total. The zero-order valence-corrected chi connectivity index (χ0v) is 10.1. The third-order valence-corrected chi connectivity index (χ3v) is 2.87.